The fourth-order valence-corrected chi connectivity index (χ4v) is 19.6. The molecule has 2 nitrogen and oxygen atoms in total. The van der Waals surface area contributed by atoms with Crippen LogP contribution in [0.25, 0.3) is 0 Å². The number of carbonyl (C=O) groups excluding carboxylic acids is 1. The summed E-state index contributed by atoms with van der Waals surface area (Å²) in [6, 6.07) is 0. The number of rotatable bonds is 10. The van der Waals surface area contributed by atoms with Gasteiger partial charge in [-0.15, -0.1) is 0 Å². The third-order valence-electron chi connectivity index (χ3n) is 4.51. The molecule has 20 heavy (non-hydrogen) atoms. The molecule has 0 aromatic rings. The van der Waals surface area contributed by atoms with Gasteiger partial charge >= 0.3 is 129 Å². The summed E-state index contributed by atoms with van der Waals surface area (Å²) in [5, 5.41) is 0. The van der Waals surface area contributed by atoms with E-state index in [9.17, 15) is 4.79 Å². The predicted molar refractivity (Wildman–Crippen MR) is 88.5 cm³/mol. The molecular weight excluding hydrogens is 355 g/mol. The fraction of sp³-hybridized carbons (Fsp3) is 0.824. The summed E-state index contributed by atoms with van der Waals surface area (Å²) >= 11 is -2.52. The van der Waals surface area contributed by atoms with Gasteiger partial charge in [0.05, 0.1) is 0 Å². The summed E-state index contributed by atoms with van der Waals surface area (Å²) in [5.74, 6) is 0.0385. The van der Waals surface area contributed by atoms with Gasteiger partial charge in [0.2, 0.25) is 0 Å². The Hall–Kier alpha value is 0.00870. The molecule has 1 aliphatic heterocycles. The molecule has 1 rings (SSSR count). The van der Waals surface area contributed by atoms with Gasteiger partial charge in [-0.25, -0.2) is 0 Å². The normalized spacial score (nSPS) is 19.1. The van der Waals surface area contributed by atoms with Crippen molar-refractivity contribution in [2.45, 2.75) is 85.6 Å². The minimum absolute atomic E-state index is 0.0125. The van der Waals surface area contributed by atoms with E-state index in [1.165, 1.54) is 55.4 Å². The van der Waals surface area contributed by atoms with Crippen LogP contribution in [-0.2, 0) is 9.53 Å². The van der Waals surface area contributed by atoms with Gasteiger partial charge < -0.3 is 0 Å². The molecule has 1 atom stereocenters. The van der Waals surface area contributed by atoms with Crippen molar-refractivity contribution < 1.29 is 9.53 Å². The molecule has 0 aromatic carbocycles. The molecule has 0 saturated heterocycles. The van der Waals surface area contributed by atoms with E-state index in [1.54, 1.807) is 0 Å². The van der Waals surface area contributed by atoms with Crippen LogP contribution in [0.4, 0.5) is 0 Å². The van der Waals surface area contributed by atoms with Crippen molar-refractivity contribution in [2.24, 2.45) is 0 Å². The van der Waals surface area contributed by atoms with Gasteiger partial charge in [0.1, 0.15) is 0 Å². The summed E-state index contributed by atoms with van der Waals surface area (Å²) in [6.07, 6.45) is 9.81. The fourth-order valence-electron chi connectivity index (χ4n) is 3.29. The Kier molecular flexibility index (Phi) is 8.23. The van der Waals surface area contributed by atoms with Crippen LogP contribution in [0.3, 0.4) is 0 Å². The second-order valence-corrected chi connectivity index (χ2v) is 19.4. The molecule has 0 spiro atoms. The van der Waals surface area contributed by atoms with Gasteiger partial charge in [-0.05, 0) is 0 Å². The third kappa shape index (κ3) is 4.78. The van der Waals surface area contributed by atoms with Crippen molar-refractivity contribution in [1.29, 1.82) is 0 Å². The van der Waals surface area contributed by atoms with Crippen LogP contribution in [0.1, 0.15) is 66.2 Å². The minimum atomic E-state index is -2.52. The Balaban J connectivity index is 2.99. The van der Waals surface area contributed by atoms with E-state index in [0.717, 1.165) is 0 Å². The molecule has 1 aliphatic rings. The first kappa shape index (κ1) is 18.1. The quantitative estimate of drug-likeness (QED) is 0.378. The second-order valence-electron chi connectivity index (χ2n) is 6.28. The molecule has 0 aromatic heterocycles. The van der Waals surface area contributed by atoms with Gasteiger partial charge in [0.15, 0.2) is 0 Å². The first-order valence-electron chi connectivity index (χ1n) is 8.53. The number of hydrogen-bond acceptors (Lipinski definition) is 2. The maximum atomic E-state index is 12.3. The van der Waals surface area contributed by atoms with E-state index in [0.29, 0.717) is 0 Å². The first-order valence-corrected chi connectivity index (χ1v) is 16.0. The third-order valence-corrected chi connectivity index (χ3v) is 20.1. The molecule has 0 amide bonds. The van der Waals surface area contributed by atoms with Gasteiger partial charge in [0.25, 0.3) is 0 Å². The molecular formula is C17H32O2Sn. The Morgan fingerprint density at radius 2 is 1.45 bits per heavy atom. The van der Waals surface area contributed by atoms with Crippen LogP contribution in [0, 0.1) is 0 Å². The van der Waals surface area contributed by atoms with Crippen molar-refractivity contribution >= 4 is 24.3 Å². The Bertz CT molecular complexity index is 314. The van der Waals surface area contributed by atoms with E-state index in [4.69, 9.17) is 4.74 Å². The van der Waals surface area contributed by atoms with Crippen LogP contribution in [0.15, 0.2) is 9.67 Å². The summed E-state index contributed by atoms with van der Waals surface area (Å²) in [5.41, 5.74) is 0. The van der Waals surface area contributed by atoms with E-state index in [-0.39, 0.29) is 12.1 Å². The van der Waals surface area contributed by atoms with Crippen LogP contribution in [0.2, 0.25) is 13.3 Å². The number of hydrogen-bond donors (Lipinski definition) is 0. The zero-order chi connectivity index (χ0) is 15.0. The zero-order valence-corrected chi connectivity index (χ0v) is 16.7. The van der Waals surface area contributed by atoms with E-state index in [2.05, 4.69) is 26.8 Å². The second kappa shape index (κ2) is 9.11. The van der Waals surface area contributed by atoms with E-state index >= 15 is 0 Å². The molecule has 0 unspecified atom stereocenters. The van der Waals surface area contributed by atoms with Crippen LogP contribution in [0.5, 0.6) is 0 Å². The van der Waals surface area contributed by atoms with Crippen molar-refractivity contribution in [2.75, 3.05) is 0 Å². The average molecular weight is 387 g/mol. The molecule has 116 valence electrons. The van der Waals surface area contributed by atoms with Crippen molar-refractivity contribution in [3.63, 3.8) is 0 Å². The van der Waals surface area contributed by atoms with Crippen molar-refractivity contribution in [3.8, 4) is 0 Å². The van der Waals surface area contributed by atoms with E-state index in [1.807, 2.05) is 6.92 Å². The van der Waals surface area contributed by atoms with Crippen molar-refractivity contribution in [1.82, 2.24) is 0 Å². The molecule has 0 saturated carbocycles. The molecule has 0 bridgehead atoms. The van der Waals surface area contributed by atoms with Crippen LogP contribution < -0.4 is 0 Å². The molecule has 3 heteroatoms. The Morgan fingerprint density at radius 3 is 1.75 bits per heavy atom. The molecule has 1 heterocycles. The number of ether oxygens (including phenoxy) is 1. The SMILES string of the molecule is CCC[CH2][Sn]([CH2]CCC)([CH2]CCC)[C]1=C[C@H](C)OC1=O. The summed E-state index contributed by atoms with van der Waals surface area (Å²) in [6.45, 7) is 8.79. The van der Waals surface area contributed by atoms with Crippen LogP contribution >= 0.6 is 0 Å². The number of esters is 1. The number of carbonyl (C=O) groups is 1. The summed E-state index contributed by atoms with van der Waals surface area (Å²) in [7, 11) is 0. The monoisotopic (exact) mass is 388 g/mol. The zero-order valence-electron chi connectivity index (χ0n) is 13.8. The Morgan fingerprint density at radius 1 is 1.00 bits per heavy atom. The average Bonchev–Trinajstić information content (AvgIpc) is 2.78. The first-order chi connectivity index (χ1) is 9.59. The molecule has 0 fully saturated rings. The number of cyclic esters (lactones) is 1. The van der Waals surface area contributed by atoms with Gasteiger partial charge in [-0.2, -0.15) is 0 Å². The summed E-state index contributed by atoms with van der Waals surface area (Å²) < 4.78 is 10.7. The van der Waals surface area contributed by atoms with Gasteiger partial charge in [-0.3, -0.25) is 0 Å². The topological polar surface area (TPSA) is 26.3 Å². The van der Waals surface area contributed by atoms with Crippen LogP contribution in [-0.4, -0.2) is 30.5 Å². The predicted octanol–water partition coefficient (Wildman–Crippen LogP) is 5.25. The van der Waals surface area contributed by atoms with E-state index < -0.39 is 18.4 Å². The summed E-state index contributed by atoms with van der Waals surface area (Å²) in [4.78, 5) is 12.3. The number of unbranched alkanes of at least 4 members (excludes halogenated alkanes) is 3. The molecule has 0 radical (unpaired) electrons. The van der Waals surface area contributed by atoms with Crippen molar-refractivity contribution in [3.05, 3.63) is 9.67 Å². The maximum absolute atomic E-state index is 12.3. The van der Waals surface area contributed by atoms with Gasteiger partial charge in [0, 0.05) is 0 Å². The molecule has 0 N–H and O–H groups in total. The Labute approximate surface area is 129 Å². The van der Waals surface area contributed by atoms with Gasteiger partial charge in [-0.1, -0.05) is 0 Å². The molecule has 0 aliphatic carbocycles. The standard InChI is InChI=1S/C5H5O2.3C4H9.Sn/c1-4-2-3-5(6)7-4;3*1-3-4-2;/h2,4H,1H3;3*1,3-4H2,2H3;/t4-;;;;/m0..../s1.